The standard InChI is InChI=1S/C7H13O/c1-6-3-2-4-7(8)5-6/h4,6-8H,2-3,5H2,1H3/t6-,7-/m0/s1. The first kappa shape index (κ1) is 6.09. The fourth-order valence-electron chi connectivity index (χ4n) is 1.20. The lowest BCUT2D eigenvalue weighted by atomic mass is 9.89. The van der Waals surface area contributed by atoms with Crippen LogP contribution in [0.25, 0.3) is 0 Å². The van der Waals surface area contributed by atoms with E-state index in [9.17, 15) is 0 Å². The molecule has 2 atom stereocenters. The molecule has 8 heavy (non-hydrogen) atoms. The van der Waals surface area contributed by atoms with Gasteiger partial charge in [0.25, 0.3) is 0 Å². The molecule has 1 heteroatoms. The van der Waals surface area contributed by atoms with Gasteiger partial charge in [-0.3, -0.25) is 0 Å². The largest absolute Gasteiger partial charge is 0.393 e. The van der Waals surface area contributed by atoms with Crippen LogP contribution in [0.3, 0.4) is 0 Å². The summed E-state index contributed by atoms with van der Waals surface area (Å²) in [6, 6.07) is 0. The van der Waals surface area contributed by atoms with Crippen molar-refractivity contribution in [3.63, 3.8) is 0 Å². The van der Waals surface area contributed by atoms with Gasteiger partial charge in [0.2, 0.25) is 0 Å². The second-order valence-electron chi connectivity index (χ2n) is 2.72. The molecule has 0 unspecified atom stereocenters. The van der Waals surface area contributed by atoms with Gasteiger partial charge in [-0.1, -0.05) is 13.3 Å². The van der Waals surface area contributed by atoms with Crippen molar-refractivity contribution < 1.29 is 5.11 Å². The molecule has 1 N–H and O–H groups in total. The zero-order chi connectivity index (χ0) is 5.98. The van der Waals surface area contributed by atoms with E-state index in [1.54, 1.807) is 0 Å². The third-order valence-electron chi connectivity index (χ3n) is 1.74. The van der Waals surface area contributed by atoms with Gasteiger partial charge >= 0.3 is 0 Å². The number of aliphatic hydroxyl groups excluding tert-OH is 1. The van der Waals surface area contributed by atoms with E-state index in [4.69, 9.17) is 5.11 Å². The number of aliphatic hydroxyl groups is 1. The number of rotatable bonds is 0. The first-order valence-corrected chi connectivity index (χ1v) is 3.30. The quantitative estimate of drug-likeness (QED) is 0.503. The molecule has 1 nitrogen and oxygen atoms in total. The van der Waals surface area contributed by atoms with Crippen LogP contribution in [-0.4, -0.2) is 11.2 Å². The Labute approximate surface area is 50.7 Å². The molecule has 47 valence electrons. The lowest BCUT2D eigenvalue weighted by Crippen LogP contribution is -2.17. The van der Waals surface area contributed by atoms with E-state index in [0.29, 0.717) is 0 Å². The van der Waals surface area contributed by atoms with Gasteiger partial charge < -0.3 is 5.11 Å². The lowest BCUT2D eigenvalue weighted by Gasteiger charge is -2.21. The highest BCUT2D eigenvalue weighted by molar-refractivity contribution is 4.82. The van der Waals surface area contributed by atoms with Gasteiger partial charge in [0.05, 0.1) is 6.10 Å². The molecule has 1 rings (SSSR count). The summed E-state index contributed by atoms with van der Waals surface area (Å²) in [4.78, 5) is 0. The highest BCUT2D eigenvalue weighted by atomic mass is 16.3. The first-order valence-electron chi connectivity index (χ1n) is 3.30. The van der Waals surface area contributed by atoms with E-state index in [0.717, 1.165) is 18.8 Å². The van der Waals surface area contributed by atoms with E-state index in [2.05, 4.69) is 6.92 Å². The Morgan fingerprint density at radius 3 is 2.75 bits per heavy atom. The normalized spacial score (nSPS) is 39.8. The van der Waals surface area contributed by atoms with E-state index < -0.39 is 0 Å². The Balaban J connectivity index is 2.23. The van der Waals surface area contributed by atoms with Crippen LogP contribution >= 0.6 is 0 Å². The Hall–Kier alpha value is -0.0400. The SMILES string of the molecule is C[C@H]1CC[CH][C@H](O)C1. The molecule has 0 aromatic rings. The molecular formula is C7H13O. The summed E-state index contributed by atoms with van der Waals surface area (Å²) in [6.07, 6.45) is 5.22. The highest BCUT2D eigenvalue weighted by Gasteiger charge is 2.15. The van der Waals surface area contributed by atoms with Crippen molar-refractivity contribution >= 4 is 0 Å². The zero-order valence-electron chi connectivity index (χ0n) is 5.30. The summed E-state index contributed by atoms with van der Waals surface area (Å²) in [5, 5.41) is 9.02. The van der Waals surface area contributed by atoms with Crippen LogP contribution in [0.4, 0.5) is 0 Å². The molecule has 1 aliphatic rings. The van der Waals surface area contributed by atoms with Gasteiger partial charge in [-0.2, -0.15) is 0 Å². The average Bonchev–Trinajstić information content (AvgIpc) is 1.64. The highest BCUT2D eigenvalue weighted by Crippen LogP contribution is 2.21. The van der Waals surface area contributed by atoms with Crippen LogP contribution in [0.2, 0.25) is 0 Å². The topological polar surface area (TPSA) is 20.2 Å². The van der Waals surface area contributed by atoms with E-state index in [1.165, 1.54) is 6.42 Å². The van der Waals surface area contributed by atoms with Crippen molar-refractivity contribution in [1.82, 2.24) is 0 Å². The molecule has 0 amide bonds. The Morgan fingerprint density at radius 2 is 2.38 bits per heavy atom. The van der Waals surface area contributed by atoms with Crippen molar-refractivity contribution in [2.75, 3.05) is 0 Å². The van der Waals surface area contributed by atoms with Crippen molar-refractivity contribution in [3.05, 3.63) is 6.42 Å². The molecule has 0 saturated heterocycles. The van der Waals surface area contributed by atoms with E-state index >= 15 is 0 Å². The van der Waals surface area contributed by atoms with Crippen LogP contribution in [0.5, 0.6) is 0 Å². The van der Waals surface area contributed by atoms with Crippen LogP contribution in [0.15, 0.2) is 0 Å². The van der Waals surface area contributed by atoms with Crippen molar-refractivity contribution in [2.24, 2.45) is 5.92 Å². The minimum absolute atomic E-state index is 0.112. The molecule has 1 saturated carbocycles. The summed E-state index contributed by atoms with van der Waals surface area (Å²) in [5.41, 5.74) is 0. The predicted molar refractivity (Wildman–Crippen MR) is 33.3 cm³/mol. The van der Waals surface area contributed by atoms with Gasteiger partial charge in [-0.15, -0.1) is 0 Å². The minimum atomic E-state index is -0.112. The van der Waals surface area contributed by atoms with Crippen LogP contribution < -0.4 is 0 Å². The fourth-order valence-corrected chi connectivity index (χ4v) is 1.20. The zero-order valence-corrected chi connectivity index (χ0v) is 5.30. The third kappa shape index (κ3) is 1.48. The molecule has 0 bridgehead atoms. The summed E-state index contributed by atoms with van der Waals surface area (Å²) >= 11 is 0. The maximum absolute atomic E-state index is 9.02. The van der Waals surface area contributed by atoms with Gasteiger partial charge in [0.1, 0.15) is 0 Å². The lowest BCUT2D eigenvalue weighted by molar-refractivity contribution is 0.149. The van der Waals surface area contributed by atoms with Gasteiger partial charge in [0, 0.05) is 0 Å². The summed E-state index contributed by atoms with van der Waals surface area (Å²) < 4.78 is 0. The molecular weight excluding hydrogens is 100 g/mol. The number of hydrogen-bond acceptors (Lipinski definition) is 1. The molecule has 1 radical (unpaired) electrons. The average molecular weight is 113 g/mol. The van der Waals surface area contributed by atoms with E-state index in [-0.39, 0.29) is 6.10 Å². The third-order valence-corrected chi connectivity index (χ3v) is 1.74. The molecule has 0 aromatic carbocycles. The second-order valence-corrected chi connectivity index (χ2v) is 2.72. The smallest absolute Gasteiger partial charge is 0.0574 e. The molecule has 0 heterocycles. The summed E-state index contributed by atoms with van der Waals surface area (Å²) in [7, 11) is 0. The summed E-state index contributed by atoms with van der Waals surface area (Å²) in [6.45, 7) is 2.19. The van der Waals surface area contributed by atoms with Crippen LogP contribution in [0, 0.1) is 12.3 Å². The van der Waals surface area contributed by atoms with Crippen molar-refractivity contribution in [1.29, 1.82) is 0 Å². The van der Waals surface area contributed by atoms with Gasteiger partial charge in [-0.25, -0.2) is 0 Å². The van der Waals surface area contributed by atoms with Gasteiger partial charge in [0.15, 0.2) is 0 Å². The molecule has 1 aliphatic carbocycles. The predicted octanol–water partition coefficient (Wildman–Crippen LogP) is 1.37. The van der Waals surface area contributed by atoms with Crippen LogP contribution in [-0.2, 0) is 0 Å². The Bertz CT molecular complexity index is 62.8. The molecule has 0 aliphatic heterocycles. The van der Waals surface area contributed by atoms with Crippen molar-refractivity contribution in [3.8, 4) is 0 Å². The number of hydrogen-bond donors (Lipinski definition) is 1. The second kappa shape index (κ2) is 2.49. The Kier molecular flexibility index (Phi) is 1.90. The van der Waals surface area contributed by atoms with E-state index in [1.807, 2.05) is 6.42 Å². The maximum atomic E-state index is 9.02. The Morgan fingerprint density at radius 1 is 1.62 bits per heavy atom. The fraction of sp³-hybridized carbons (Fsp3) is 0.857. The summed E-state index contributed by atoms with van der Waals surface area (Å²) in [5.74, 6) is 0.731. The van der Waals surface area contributed by atoms with Crippen molar-refractivity contribution in [2.45, 2.75) is 32.3 Å². The molecule has 1 fully saturated rings. The molecule has 0 spiro atoms. The monoisotopic (exact) mass is 113 g/mol. The van der Waals surface area contributed by atoms with Gasteiger partial charge in [-0.05, 0) is 25.2 Å². The molecule has 0 aromatic heterocycles. The first-order chi connectivity index (χ1) is 3.79. The maximum Gasteiger partial charge on any atom is 0.0574 e. The minimum Gasteiger partial charge on any atom is -0.393 e. The van der Waals surface area contributed by atoms with Crippen LogP contribution in [0.1, 0.15) is 26.2 Å².